The molecule has 0 aromatic heterocycles. The molecule has 1 aliphatic rings. The molecule has 4 heteroatoms. The zero-order valence-electron chi connectivity index (χ0n) is 8.42. The third-order valence-electron chi connectivity index (χ3n) is 2.81. The number of anilines is 1. The molecule has 15 heavy (non-hydrogen) atoms. The standard InChI is InChI=1S/C11H14BrFN2/c12-9-2-1-3-10(11(9)13)15-6-4-8(14)5-7-15/h1-3,8H,4-7,14H2. The molecule has 0 amide bonds. The number of nitrogens with zero attached hydrogens (tertiary/aromatic N) is 1. The van der Waals surface area contributed by atoms with Crippen LogP contribution in [0.25, 0.3) is 0 Å². The summed E-state index contributed by atoms with van der Waals surface area (Å²) >= 11 is 3.20. The Balaban J connectivity index is 2.19. The number of benzene rings is 1. The van der Waals surface area contributed by atoms with Crippen molar-refractivity contribution in [2.75, 3.05) is 18.0 Å². The lowest BCUT2D eigenvalue weighted by Gasteiger charge is -2.32. The van der Waals surface area contributed by atoms with E-state index in [2.05, 4.69) is 20.8 Å². The summed E-state index contributed by atoms with van der Waals surface area (Å²) in [6, 6.07) is 5.67. The molecule has 0 radical (unpaired) electrons. The van der Waals surface area contributed by atoms with Crippen LogP contribution in [-0.4, -0.2) is 19.1 Å². The summed E-state index contributed by atoms with van der Waals surface area (Å²) in [4.78, 5) is 2.06. The number of halogens is 2. The molecule has 1 heterocycles. The van der Waals surface area contributed by atoms with Gasteiger partial charge in [0.05, 0.1) is 10.2 Å². The minimum absolute atomic E-state index is 0.173. The fourth-order valence-electron chi connectivity index (χ4n) is 1.88. The third kappa shape index (κ3) is 2.32. The maximum Gasteiger partial charge on any atom is 0.160 e. The molecule has 0 atom stereocenters. The van der Waals surface area contributed by atoms with E-state index >= 15 is 0 Å². The first kappa shape index (κ1) is 10.9. The maximum absolute atomic E-state index is 13.8. The minimum atomic E-state index is -0.173. The molecular formula is C11H14BrFN2. The van der Waals surface area contributed by atoms with Crippen LogP contribution in [0, 0.1) is 5.82 Å². The van der Waals surface area contributed by atoms with Crippen LogP contribution < -0.4 is 10.6 Å². The first-order chi connectivity index (χ1) is 7.18. The van der Waals surface area contributed by atoms with Gasteiger partial charge in [0.25, 0.3) is 0 Å². The molecule has 0 bridgehead atoms. The average molecular weight is 273 g/mol. The van der Waals surface area contributed by atoms with Gasteiger partial charge in [0.15, 0.2) is 5.82 Å². The largest absolute Gasteiger partial charge is 0.369 e. The van der Waals surface area contributed by atoms with Crippen LogP contribution >= 0.6 is 15.9 Å². The fourth-order valence-corrected chi connectivity index (χ4v) is 2.23. The van der Waals surface area contributed by atoms with Crippen molar-refractivity contribution in [2.24, 2.45) is 5.73 Å². The fraction of sp³-hybridized carbons (Fsp3) is 0.455. The third-order valence-corrected chi connectivity index (χ3v) is 3.42. The van der Waals surface area contributed by atoms with E-state index in [4.69, 9.17) is 5.73 Å². The molecule has 1 aliphatic heterocycles. The van der Waals surface area contributed by atoms with E-state index in [0.717, 1.165) is 25.9 Å². The van der Waals surface area contributed by atoms with Crippen LogP contribution in [0.15, 0.2) is 22.7 Å². The van der Waals surface area contributed by atoms with Gasteiger partial charge in [-0.1, -0.05) is 6.07 Å². The van der Waals surface area contributed by atoms with Gasteiger partial charge in [-0.15, -0.1) is 0 Å². The van der Waals surface area contributed by atoms with E-state index < -0.39 is 0 Å². The van der Waals surface area contributed by atoms with Crippen molar-refractivity contribution in [2.45, 2.75) is 18.9 Å². The van der Waals surface area contributed by atoms with E-state index in [1.165, 1.54) is 0 Å². The van der Waals surface area contributed by atoms with Crippen molar-refractivity contribution in [1.29, 1.82) is 0 Å². The Labute approximate surface area is 97.4 Å². The van der Waals surface area contributed by atoms with Gasteiger partial charge >= 0.3 is 0 Å². The second-order valence-electron chi connectivity index (χ2n) is 3.90. The highest BCUT2D eigenvalue weighted by Gasteiger charge is 2.19. The summed E-state index contributed by atoms with van der Waals surface area (Å²) in [5.41, 5.74) is 6.49. The molecule has 1 saturated heterocycles. The molecule has 0 unspecified atom stereocenters. The number of piperidine rings is 1. The molecular weight excluding hydrogens is 259 g/mol. The second-order valence-corrected chi connectivity index (χ2v) is 4.75. The SMILES string of the molecule is NC1CCN(c2cccc(Br)c2F)CC1. The van der Waals surface area contributed by atoms with Crippen molar-refractivity contribution >= 4 is 21.6 Å². The number of hydrogen-bond acceptors (Lipinski definition) is 2. The van der Waals surface area contributed by atoms with E-state index in [0.29, 0.717) is 10.2 Å². The minimum Gasteiger partial charge on any atom is -0.369 e. The van der Waals surface area contributed by atoms with Crippen molar-refractivity contribution in [1.82, 2.24) is 0 Å². The summed E-state index contributed by atoms with van der Waals surface area (Å²) in [5.74, 6) is -0.173. The highest BCUT2D eigenvalue weighted by molar-refractivity contribution is 9.10. The van der Waals surface area contributed by atoms with Crippen molar-refractivity contribution in [3.63, 3.8) is 0 Å². The van der Waals surface area contributed by atoms with Gasteiger partial charge in [-0.2, -0.15) is 0 Å². The van der Waals surface area contributed by atoms with Gasteiger partial charge in [-0.05, 0) is 40.9 Å². The van der Waals surface area contributed by atoms with E-state index in [1.807, 2.05) is 12.1 Å². The number of nitrogens with two attached hydrogens (primary N) is 1. The molecule has 2 nitrogen and oxygen atoms in total. The Morgan fingerprint density at radius 1 is 1.33 bits per heavy atom. The lowest BCUT2D eigenvalue weighted by molar-refractivity contribution is 0.493. The van der Waals surface area contributed by atoms with Crippen LogP contribution in [-0.2, 0) is 0 Å². The van der Waals surface area contributed by atoms with Gasteiger partial charge in [0.1, 0.15) is 0 Å². The molecule has 82 valence electrons. The molecule has 0 aliphatic carbocycles. The highest BCUT2D eigenvalue weighted by Crippen LogP contribution is 2.27. The van der Waals surface area contributed by atoms with Crippen LogP contribution in [0.5, 0.6) is 0 Å². The first-order valence-corrected chi connectivity index (χ1v) is 5.92. The average Bonchev–Trinajstić information content (AvgIpc) is 2.24. The quantitative estimate of drug-likeness (QED) is 0.851. The van der Waals surface area contributed by atoms with Crippen molar-refractivity contribution in [3.8, 4) is 0 Å². The van der Waals surface area contributed by atoms with Gasteiger partial charge < -0.3 is 10.6 Å². The summed E-state index contributed by atoms with van der Waals surface area (Å²) in [6.45, 7) is 1.68. The Morgan fingerprint density at radius 2 is 2.00 bits per heavy atom. The van der Waals surface area contributed by atoms with Crippen LogP contribution in [0.4, 0.5) is 10.1 Å². The topological polar surface area (TPSA) is 29.3 Å². The van der Waals surface area contributed by atoms with Crippen LogP contribution in [0.1, 0.15) is 12.8 Å². The van der Waals surface area contributed by atoms with E-state index in [-0.39, 0.29) is 11.9 Å². The van der Waals surface area contributed by atoms with E-state index in [9.17, 15) is 4.39 Å². The second kappa shape index (κ2) is 4.49. The summed E-state index contributed by atoms with van der Waals surface area (Å²) < 4.78 is 14.3. The zero-order valence-corrected chi connectivity index (χ0v) is 10.0. The summed E-state index contributed by atoms with van der Waals surface area (Å²) in [7, 11) is 0. The number of rotatable bonds is 1. The van der Waals surface area contributed by atoms with Gasteiger partial charge in [-0.3, -0.25) is 0 Å². The first-order valence-electron chi connectivity index (χ1n) is 5.13. The molecule has 1 aromatic rings. The smallest absolute Gasteiger partial charge is 0.160 e. The van der Waals surface area contributed by atoms with E-state index in [1.54, 1.807) is 6.07 Å². The monoisotopic (exact) mass is 272 g/mol. The van der Waals surface area contributed by atoms with Gasteiger partial charge in [-0.25, -0.2) is 4.39 Å². The summed E-state index contributed by atoms with van der Waals surface area (Å²) in [5, 5.41) is 0. The van der Waals surface area contributed by atoms with Gasteiger partial charge in [0, 0.05) is 19.1 Å². The Bertz CT molecular complexity index is 348. The summed E-state index contributed by atoms with van der Waals surface area (Å²) in [6.07, 6.45) is 1.87. The van der Waals surface area contributed by atoms with Gasteiger partial charge in [0.2, 0.25) is 0 Å². The van der Waals surface area contributed by atoms with Crippen molar-refractivity contribution < 1.29 is 4.39 Å². The Hall–Kier alpha value is -0.610. The predicted molar refractivity (Wildman–Crippen MR) is 63.5 cm³/mol. The predicted octanol–water partition coefficient (Wildman–Crippen LogP) is 2.52. The van der Waals surface area contributed by atoms with Crippen molar-refractivity contribution in [3.05, 3.63) is 28.5 Å². The zero-order chi connectivity index (χ0) is 10.8. The maximum atomic E-state index is 13.8. The Kier molecular flexibility index (Phi) is 3.26. The molecule has 2 N–H and O–H groups in total. The normalized spacial score (nSPS) is 18.2. The lowest BCUT2D eigenvalue weighted by Crippen LogP contribution is -2.40. The molecule has 1 fully saturated rings. The highest BCUT2D eigenvalue weighted by atomic mass is 79.9. The molecule has 2 rings (SSSR count). The molecule has 1 aromatic carbocycles. The Morgan fingerprint density at radius 3 is 2.67 bits per heavy atom. The van der Waals surface area contributed by atoms with Crippen LogP contribution in [0.3, 0.4) is 0 Å². The molecule has 0 saturated carbocycles. The lowest BCUT2D eigenvalue weighted by atomic mass is 10.1. The van der Waals surface area contributed by atoms with Crippen LogP contribution in [0.2, 0.25) is 0 Å². The number of hydrogen-bond donors (Lipinski definition) is 1. The molecule has 0 spiro atoms.